The van der Waals surface area contributed by atoms with Gasteiger partial charge in [0.05, 0.1) is 12.0 Å². The minimum Gasteiger partial charge on any atom is -0.461 e. The highest BCUT2D eigenvalue weighted by molar-refractivity contribution is 5.86. The van der Waals surface area contributed by atoms with E-state index in [1.165, 1.54) is 0 Å². The highest BCUT2D eigenvalue weighted by atomic mass is 16.5. The summed E-state index contributed by atoms with van der Waals surface area (Å²) in [5.74, 6) is -1.10. The van der Waals surface area contributed by atoms with Crippen molar-refractivity contribution in [2.45, 2.75) is 51.4 Å². The summed E-state index contributed by atoms with van der Waals surface area (Å²) in [6.07, 6.45) is 2.53. The summed E-state index contributed by atoms with van der Waals surface area (Å²) in [6, 6.07) is 19.6. The Labute approximate surface area is 185 Å². The molecule has 0 aliphatic carbocycles. The number of hydrogen-bond donors (Lipinski definition) is 1. The van der Waals surface area contributed by atoms with Gasteiger partial charge in [-0.2, -0.15) is 0 Å². The number of methoxy groups -OCH3 is 1. The molecule has 1 saturated heterocycles. The first-order valence-electron chi connectivity index (χ1n) is 11.1. The first-order chi connectivity index (χ1) is 15.1. The molecule has 1 aliphatic rings. The van der Waals surface area contributed by atoms with Crippen molar-refractivity contribution in [1.29, 1.82) is 0 Å². The van der Waals surface area contributed by atoms with E-state index in [0.29, 0.717) is 6.42 Å². The van der Waals surface area contributed by atoms with E-state index in [4.69, 9.17) is 9.47 Å². The Morgan fingerprint density at radius 1 is 1.03 bits per heavy atom. The van der Waals surface area contributed by atoms with Crippen molar-refractivity contribution < 1.29 is 19.1 Å². The first-order valence-corrected chi connectivity index (χ1v) is 11.1. The number of Topliss-reactive ketones (excluding diaryl/α,β-unsaturated/α-hetero) is 1. The van der Waals surface area contributed by atoms with Crippen LogP contribution in [-0.4, -0.2) is 37.6 Å². The van der Waals surface area contributed by atoms with Gasteiger partial charge >= 0.3 is 5.97 Å². The number of rotatable bonds is 11. The smallest absolute Gasteiger partial charge is 0.310 e. The van der Waals surface area contributed by atoms with Crippen LogP contribution in [0, 0.1) is 11.8 Å². The number of carbonyl (C=O) groups excluding carboxylic acids is 2. The zero-order chi connectivity index (χ0) is 22.1. The molecule has 0 amide bonds. The largest absolute Gasteiger partial charge is 0.461 e. The van der Waals surface area contributed by atoms with Crippen LogP contribution in [0.25, 0.3) is 0 Å². The average Bonchev–Trinajstić information content (AvgIpc) is 3.33. The molecule has 0 bridgehead atoms. The normalized spacial score (nSPS) is 18.8. The second kappa shape index (κ2) is 11.8. The van der Waals surface area contributed by atoms with Gasteiger partial charge < -0.3 is 14.8 Å². The van der Waals surface area contributed by atoms with E-state index in [2.05, 4.69) is 5.32 Å². The molecule has 1 heterocycles. The maximum absolute atomic E-state index is 13.2. The Morgan fingerprint density at radius 3 is 2.26 bits per heavy atom. The fourth-order valence-electron chi connectivity index (χ4n) is 4.30. The molecule has 1 aliphatic heterocycles. The summed E-state index contributed by atoms with van der Waals surface area (Å²) >= 11 is 0. The summed E-state index contributed by atoms with van der Waals surface area (Å²) in [4.78, 5) is 26.1. The molecule has 0 spiro atoms. The lowest BCUT2D eigenvalue weighted by molar-refractivity contribution is -0.152. The predicted octanol–water partition coefficient (Wildman–Crippen LogP) is 3.95. The van der Waals surface area contributed by atoms with Gasteiger partial charge in [0.1, 0.15) is 12.4 Å². The highest BCUT2D eigenvalue weighted by Gasteiger charge is 2.35. The average molecular weight is 424 g/mol. The van der Waals surface area contributed by atoms with Crippen LogP contribution in [0.5, 0.6) is 0 Å². The molecule has 5 heteroatoms. The van der Waals surface area contributed by atoms with E-state index in [1.54, 1.807) is 7.11 Å². The standard InChI is InChI=1S/C26H33NO4/c1-19(25(30-2)23-14-9-15-27-23)24(28)17-22(16-20-10-5-3-6-11-20)26(29)31-18-21-12-7-4-8-13-21/h3-8,10-13,19,22-23,25,27H,9,14-18H2,1-2H3/t19-,22+,23-,25+/m0/s1. The second-order valence-electron chi connectivity index (χ2n) is 8.34. The molecule has 3 rings (SSSR count). The molecule has 31 heavy (non-hydrogen) atoms. The maximum atomic E-state index is 13.2. The molecule has 0 aromatic heterocycles. The molecule has 0 radical (unpaired) electrons. The fraction of sp³-hybridized carbons (Fsp3) is 0.462. The Kier molecular flexibility index (Phi) is 8.80. The molecule has 166 valence electrons. The van der Waals surface area contributed by atoms with E-state index >= 15 is 0 Å². The molecule has 1 fully saturated rings. The quantitative estimate of drug-likeness (QED) is 0.555. The highest BCUT2D eigenvalue weighted by Crippen LogP contribution is 2.24. The number of carbonyl (C=O) groups is 2. The van der Waals surface area contributed by atoms with Crippen molar-refractivity contribution in [2.75, 3.05) is 13.7 Å². The van der Waals surface area contributed by atoms with Gasteiger partial charge in [-0.1, -0.05) is 67.6 Å². The van der Waals surface area contributed by atoms with Crippen LogP contribution in [0.2, 0.25) is 0 Å². The van der Waals surface area contributed by atoms with Crippen molar-refractivity contribution in [3.8, 4) is 0 Å². The third-order valence-electron chi connectivity index (χ3n) is 6.10. The van der Waals surface area contributed by atoms with E-state index in [9.17, 15) is 9.59 Å². The van der Waals surface area contributed by atoms with Crippen molar-refractivity contribution in [3.63, 3.8) is 0 Å². The number of nitrogens with one attached hydrogen (secondary N) is 1. The Hall–Kier alpha value is -2.50. The van der Waals surface area contributed by atoms with Crippen LogP contribution in [0.15, 0.2) is 60.7 Å². The van der Waals surface area contributed by atoms with E-state index in [-0.39, 0.29) is 42.8 Å². The number of esters is 1. The third-order valence-corrected chi connectivity index (χ3v) is 6.10. The van der Waals surface area contributed by atoms with Gasteiger partial charge in [0.25, 0.3) is 0 Å². The Balaban J connectivity index is 1.67. The summed E-state index contributed by atoms with van der Waals surface area (Å²) in [6.45, 7) is 3.07. The summed E-state index contributed by atoms with van der Waals surface area (Å²) in [5.41, 5.74) is 1.95. The molecule has 4 atom stereocenters. The van der Waals surface area contributed by atoms with Crippen LogP contribution < -0.4 is 5.32 Å². The van der Waals surface area contributed by atoms with E-state index in [1.807, 2.05) is 67.6 Å². The zero-order valence-electron chi connectivity index (χ0n) is 18.5. The molecule has 2 aromatic carbocycles. The first kappa shape index (κ1) is 23.2. The van der Waals surface area contributed by atoms with Gasteiger partial charge in [-0.05, 0) is 36.9 Å². The monoisotopic (exact) mass is 423 g/mol. The third kappa shape index (κ3) is 6.74. The number of benzene rings is 2. The second-order valence-corrected chi connectivity index (χ2v) is 8.34. The van der Waals surface area contributed by atoms with Gasteiger partial charge in [-0.25, -0.2) is 0 Å². The van der Waals surface area contributed by atoms with E-state index in [0.717, 1.165) is 30.5 Å². The minimum atomic E-state index is -0.518. The molecular formula is C26H33NO4. The van der Waals surface area contributed by atoms with Crippen molar-refractivity contribution >= 4 is 11.8 Å². The lowest BCUT2D eigenvalue weighted by atomic mass is 9.86. The number of ether oxygens (including phenoxy) is 2. The van der Waals surface area contributed by atoms with Gasteiger partial charge in [0.2, 0.25) is 0 Å². The van der Waals surface area contributed by atoms with Crippen LogP contribution in [0.3, 0.4) is 0 Å². The summed E-state index contributed by atoms with van der Waals surface area (Å²) < 4.78 is 11.3. The fourth-order valence-corrected chi connectivity index (χ4v) is 4.30. The van der Waals surface area contributed by atoms with Gasteiger partial charge in [-0.15, -0.1) is 0 Å². The lowest BCUT2D eigenvalue weighted by Gasteiger charge is -2.28. The molecule has 0 unspecified atom stereocenters. The maximum Gasteiger partial charge on any atom is 0.310 e. The number of ketones is 1. The summed E-state index contributed by atoms with van der Waals surface area (Å²) in [5, 5.41) is 3.43. The van der Waals surface area contributed by atoms with Crippen LogP contribution in [0.1, 0.15) is 37.3 Å². The SMILES string of the molecule is CO[C@@H]([C@@H]1CCCN1)[C@@H](C)C(=O)C[C@@H](Cc1ccccc1)C(=O)OCc1ccccc1. The van der Waals surface area contributed by atoms with Gasteiger partial charge in [-0.3, -0.25) is 9.59 Å². The van der Waals surface area contributed by atoms with Gasteiger partial charge in [0, 0.05) is 25.5 Å². The Morgan fingerprint density at radius 2 is 1.68 bits per heavy atom. The van der Waals surface area contributed by atoms with Crippen LogP contribution >= 0.6 is 0 Å². The molecular weight excluding hydrogens is 390 g/mol. The minimum absolute atomic E-state index is 0.0399. The molecule has 2 aromatic rings. The van der Waals surface area contributed by atoms with Crippen molar-refractivity contribution in [3.05, 3.63) is 71.8 Å². The van der Waals surface area contributed by atoms with Crippen molar-refractivity contribution in [1.82, 2.24) is 5.32 Å². The number of hydrogen-bond acceptors (Lipinski definition) is 5. The predicted molar refractivity (Wildman–Crippen MR) is 120 cm³/mol. The topological polar surface area (TPSA) is 64.6 Å². The summed E-state index contributed by atoms with van der Waals surface area (Å²) in [7, 11) is 1.66. The van der Waals surface area contributed by atoms with Crippen LogP contribution in [-0.2, 0) is 32.1 Å². The van der Waals surface area contributed by atoms with Gasteiger partial charge in [0.15, 0.2) is 0 Å². The van der Waals surface area contributed by atoms with Crippen molar-refractivity contribution in [2.24, 2.45) is 11.8 Å². The van der Waals surface area contributed by atoms with Crippen LogP contribution in [0.4, 0.5) is 0 Å². The Bertz CT molecular complexity index is 818. The lowest BCUT2D eigenvalue weighted by Crippen LogP contribution is -2.43. The zero-order valence-corrected chi connectivity index (χ0v) is 18.5. The molecule has 1 N–H and O–H groups in total. The van der Waals surface area contributed by atoms with E-state index < -0.39 is 5.92 Å². The molecule has 0 saturated carbocycles. The molecule has 5 nitrogen and oxygen atoms in total.